The zero-order valence-corrected chi connectivity index (χ0v) is 15.5. The van der Waals surface area contributed by atoms with Gasteiger partial charge in [0.05, 0.1) is 11.8 Å². The minimum atomic E-state index is -3.47. The number of carbonyl (C=O) groups excluding carboxylic acids is 1. The van der Waals surface area contributed by atoms with Crippen LogP contribution in [0.2, 0.25) is 0 Å². The van der Waals surface area contributed by atoms with Gasteiger partial charge in [-0.2, -0.15) is 0 Å². The van der Waals surface area contributed by atoms with Crippen molar-refractivity contribution in [1.29, 1.82) is 0 Å². The summed E-state index contributed by atoms with van der Waals surface area (Å²) in [6.07, 6.45) is 1.20. The third-order valence-electron chi connectivity index (χ3n) is 4.30. The van der Waals surface area contributed by atoms with Crippen molar-refractivity contribution < 1.29 is 13.2 Å². The van der Waals surface area contributed by atoms with Crippen molar-refractivity contribution in [2.75, 3.05) is 5.75 Å². The molecule has 1 amide bonds. The van der Waals surface area contributed by atoms with Gasteiger partial charge in [-0.3, -0.25) is 4.79 Å². The lowest BCUT2D eigenvalue weighted by molar-refractivity contribution is -0.121. The van der Waals surface area contributed by atoms with Gasteiger partial charge in [-0.1, -0.05) is 60.7 Å². The molecule has 0 saturated heterocycles. The first kappa shape index (κ1) is 19.2. The Labute approximate surface area is 150 Å². The molecule has 1 N–H and O–H groups in total. The molecule has 2 unspecified atom stereocenters. The van der Waals surface area contributed by atoms with Gasteiger partial charge < -0.3 is 5.32 Å². The number of hydrogen-bond donors (Lipinski definition) is 1. The van der Waals surface area contributed by atoms with E-state index >= 15 is 0 Å². The van der Waals surface area contributed by atoms with Gasteiger partial charge in [0, 0.05) is 0 Å². The normalized spacial score (nSPS) is 13.8. The second kappa shape index (κ2) is 8.81. The van der Waals surface area contributed by atoms with Crippen LogP contribution in [0.3, 0.4) is 0 Å². The number of benzene rings is 2. The van der Waals surface area contributed by atoms with Gasteiger partial charge in [-0.25, -0.2) is 8.42 Å². The predicted molar refractivity (Wildman–Crippen MR) is 101 cm³/mol. The minimum absolute atomic E-state index is 0.0101. The fourth-order valence-corrected chi connectivity index (χ4v) is 3.91. The van der Waals surface area contributed by atoms with Crippen LogP contribution < -0.4 is 5.32 Å². The van der Waals surface area contributed by atoms with Crippen LogP contribution in [-0.4, -0.2) is 25.3 Å². The second-order valence-electron chi connectivity index (χ2n) is 6.24. The van der Waals surface area contributed by atoms with Gasteiger partial charge in [-0.15, -0.1) is 0 Å². The molecule has 4 nitrogen and oxygen atoms in total. The van der Waals surface area contributed by atoms with E-state index in [1.807, 2.05) is 67.6 Å². The van der Waals surface area contributed by atoms with Crippen molar-refractivity contribution >= 4 is 15.7 Å². The highest BCUT2D eigenvalue weighted by atomic mass is 32.2. The summed E-state index contributed by atoms with van der Waals surface area (Å²) in [6.45, 7) is 3.31. The SMILES string of the molecule is CC(NC(=O)C(C)S(=O)(=O)CCCc1ccccc1)c1ccccc1. The largest absolute Gasteiger partial charge is 0.348 e. The first-order valence-corrected chi connectivity index (χ1v) is 10.2. The van der Waals surface area contributed by atoms with Gasteiger partial charge >= 0.3 is 0 Å². The van der Waals surface area contributed by atoms with E-state index in [2.05, 4.69) is 5.32 Å². The fourth-order valence-electron chi connectivity index (χ4n) is 2.62. The van der Waals surface area contributed by atoms with E-state index in [9.17, 15) is 13.2 Å². The van der Waals surface area contributed by atoms with Crippen molar-refractivity contribution in [3.63, 3.8) is 0 Å². The topological polar surface area (TPSA) is 63.2 Å². The van der Waals surface area contributed by atoms with Crippen LogP contribution >= 0.6 is 0 Å². The average molecular weight is 359 g/mol. The number of hydrogen-bond acceptors (Lipinski definition) is 3. The third-order valence-corrected chi connectivity index (χ3v) is 6.45. The van der Waals surface area contributed by atoms with Gasteiger partial charge in [0.15, 0.2) is 9.84 Å². The zero-order chi connectivity index (χ0) is 18.3. The van der Waals surface area contributed by atoms with Gasteiger partial charge in [0.1, 0.15) is 5.25 Å². The highest BCUT2D eigenvalue weighted by Crippen LogP contribution is 2.13. The molecular weight excluding hydrogens is 334 g/mol. The van der Waals surface area contributed by atoms with Crippen molar-refractivity contribution in [3.8, 4) is 0 Å². The smallest absolute Gasteiger partial charge is 0.238 e. The van der Waals surface area contributed by atoms with Crippen LogP contribution in [0.25, 0.3) is 0 Å². The predicted octanol–water partition coefficient (Wildman–Crippen LogP) is 3.30. The van der Waals surface area contributed by atoms with Crippen molar-refractivity contribution in [2.24, 2.45) is 0 Å². The third kappa shape index (κ3) is 5.71. The summed E-state index contributed by atoms with van der Waals surface area (Å²) in [5.41, 5.74) is 2.05. The van der Waals surface area contributed by atoms with Crippen molar-refractivity contribution in [2.45, 2.75) is 38.0 Å². The summed E-state index contributed by atoms with van der Waals surface area (Å²) >= 11 is 0. The number of rotatable bonds is 8. The Morgan fingerprint density at radius 1 is 0.960 bits per heavy atom. The Balaban J connectivity index is 1.88. The molecule has 0 heterocycles. The summed E-state index contributed by atoms with van der Waals surface area (Å²) < 4.78 is 24.8. The summed E-state index contributed by atoms with van der Waals surface area (Å²) in [4.78, 5) is 12.3. The first-order chi connectivity index (χ1) is 11.9. The highest BCUT2D eigenvalue weighted by molar-refractivity contribution is 7.92. The summed E-state index contributed by atoms with van der Waals surface area (Å²) in [7, 11) is -3.47. The molecule has 0 bridgehead atoms. The first-order valence-electron chi connectivity index (χ1n) is 8.51. The quantitative estimate of drug-likeness (QED) is 0.786. The van der Waals surface area contributed by atoms with Gasteiger partial charge in [0.25, 0.3) is 0 Å². The molecule has 0 aliphatic rings. The van der Waals surface area contributed by atoms with E-state index in [4.69, 9.17) is 0 Å². The molecule has 2 aromatic rings. The Bertz CT molecular complexity index is 773. The van der Waals surface area contributed by atoms with E-state index < -0.39 is 21.0 Å². The van der Waals surface area contributed by atoms with E-state index in [0.29, 0.717) is 12.8 Å². The maximum atomic E-state index is 12.4. The Morgan fingerprint density at radius 2 is 1.52 bits per heavy atom. The molecule has 0 radical (unpaired) electrons. The zero-order valence-electron chi connectivity index (χ0n) is 14.7. The van der Waals surface area contributed by atoms with Crippen molar-refractivity contribution in [3.05, 3.63) is 71.8 Å². The minimum Gasteiger partial charge on any atom is -0.348 e. The summed E-state index contributed by atoms with van der Waals surface area (Å²) in [5.74, 6) is -0.438. The van der Waals surface area contributed by atoms with Gasteiger partial charge in [-0.05, 0) is 37.8 Å². The molecule has 134 valence electrons. The molecule has 5 heteroatoms. The lowest BCUT2D eigenvalue weighted by Gasteiger charge is -2.18. The van der Waals surface area contributed by atoms with E-state index in [1.54, 1.807) is 0 Å². The van der Waals surface area contributed by atoms with Crippen LogP contribution in [0.15, 0.2) is 60.7 Å². The molecule has 0 aliphatic heterocycles. The number of nitrogens with one attached hydrogen (secondary N) is 1. The number of amides is 1. The number of sulfone groups is 1. The van der Waals surface area contributed by atoms with Crippen LogP contribution in [-0.2, 0) is 21.1 Å². The van der Waals surface area contributed by atoms with E-state index in [-0.39, 0.29) is 11.8 Å². The molecular formula is C20H25NO3S. The Hall–Kier alpha value is -2.14. The van der Waals surface area contributed by atoms with Crippen LogP contribution in [0.4, 0.5) is 0 Å². The highest BCUT2D eigenvalue weighted by Gasteiger charge is 2.28. The van der Waals surface area contributed by atoms with Crippen LogP contribution in [0, 0.1) is 0 Å². The molecule has 0 fully saturated rings. The molecule has 0 saturated carbocycles. The molecule has 0 spiro atoms. The summed E-state index contributed by atoms with van der Waals surface area (Å²) in [6, 6.07) is 19.0. The fraction of sp³-hybridized carbons (Fsp3) is 0.350. The number of aryl methyl sites for hydroxylation is 1. The summed E-state index contributed by atoms with van der Waals surface area (Å²) in [5, 5.41) is 1.75. The molecule has 0 aromatic heterocycles. The molecule has 2 rings (SSSR count). The number of carbonyl (C=O) groups is 1. The lowest BCUT2D eigenvalue weighted by atomic mass is 10.1. The van der Waals surface area contributed by atoms with Gasteiger partial charge in [0.2, 0.25) is 5.91 Å². The monoisotopic (exact) mass is 359 g/mol. The standard InChI is InChI=1S/C20H25NO3S/c1-16(19-13-7-4-8-14-19)21-20(22)17(2)25(23,24)15-9-12-18-10-5-3-6-11-18/h3-8,10-11,13-14,16-17H,9,12,15H2,1-2H3,(H,21,22). The molecule has 25 heavy (non-hydrogen) atoms. The van der Waals surface area contributed by atoms with Crippen molar-refractivity contribution in [1.82, 2.24) is 5.32 Å². The van der Waals surface area contributed by atoms with Crippen LogP contribution in [0.5, 0.6) is 0 Å². The Morgan fingerprint density at radius 3 is 2.12 bits per heavy atom. The second-order valence-corrected chi connectivity index (χ2v) is 8.68. The lowest BCUT2D eigenvalue weighted by Crippen LogP contribution is -2.40. The van der Waals surface area contributed by atoms with E-state index in [1.165, 1.54) is 6.92 Å². The van der Waals surface area contributed by atoms with Crippen LogP contribution in [0.1, 0.15) is 37.4 Å². The molecule has 2 atom stereocenters. The maximum Gasteiger partial charge on any atom is 0.238 e. The molecule has 2 aromatic carbocycles. The maximum absolute atomic E-state index is 12.4. The average Bonchev–Trinajstić information content (AvgIpc) is 2.62. The van der Waals surface area contributed by atoms with E-state index in [0.717, 1.165) is 11.1 Å². The molecule has 0 aliphatic carbocycles. The Kier molecular flexibility index (Phi) is 6.76.